The molecule has 1 atom stereocenters. The third-order valence-corrected chi connectivity index (χ3v) is 7.46. The molecule has 3 nitrogen and oxygen atoms in total. The Morgan fingerprint density at radius 3 is 2.80 bits per heavy atom. The van der Waals surface area contributed by atoms with Crippen LogP contribution < -0.4 is 0 Å². The highest BCUT2D eigenvalue weighted by Gasteiger charge is 2.25. The first-order valence-electron chi connectivity index (χ1n) is 11.1. The van der Waals surface area contributed by atoms with E-state index in [0.29, 0.717) is 23.9 Å². The standard InChI is InChI=1S/C24H31FO3S2/c1-3-8-21(26)27-14-7-11-17(4-2)30-18-12-13-19-20(15-18)28-24(29)23(25)22(19)16-9-5-6-10-16/h12-13,15-17H,3-11,14H2,1-2H3. The number of esters is 1. The maximum Gasteiger partial charge on any atom is 0.305 e. The van der Waals surface area contributed by atoms with Gasteiger partial charge in [-0.2, -0.15) is 0 Å². The Bertz CT molecular complexity index is 919. The Morgan fingerprint density at radius 1 is 1.33 bits per heavy atom. The monoisotopic (exact) mass is 450 g/mol. The molecule has 1 aromatic heterocycles. The molecule has 1 aliphatic carbocycles. The summed E-state index contributed by atoms with van der Waals surface area (Å²) in [6.45, 7) is 4.62. The van der Waals surface area contributed by atoms with Crippen molar-refractivity contribution in [3.63, 3.8) is 0 Å². The van der Waals surface area contributed by atoms with Crippen molar-refractivity contribution >= 4 is 40.9 Å². The molecule has 1 fully saturated rings. The predicted molar refractivity (Wildman–Crippen MR) is 123 cm³/mol. The van der Waals surface area contributed by atoms with E-state index in [4.69, 9.17) is 21.4 Å². The summed E-state index contributed by atoms with van der Waals surface area (Å²) in [4.78, 5) is 12.6. The van der Waals surface area contributed by atoms with Gasteiger partial charge in [-0.3, -0.25) is 4.79 Å². The number of hydrogen-bond acceptors (Lipinski definition) is 5. The summed E-state index contributed by atoms with van der Waals surface area (Å²) < 4.78 is 25.7. The van der Waals surface area contributed by atoms with Crippen molar-refractivity contribution in [3.8, 4) is 0 Å². The number of thioether (sulfide) groups is 1. The lowest BCUT2D eigenvalue weighted by Gasteiger charge is -2.17. The number of ether oxygens (including phenoxy) is 1. The first-order valence-corrected chi connectivity index (χ1v) is 12.4. The number of halogens is 1. The van der Waals surface area contributed by atoms with Gasteiger partial charge in [-0.05, 0) is 74.9 Å². The molecular formula is C24H31FO3S2. The molecule has 0 spiro atoms. The maximum absolute atomic E-state index is 14.8. The van der Waals surface area contributed by atoms with E-state index in [1.54, 1.807) is 11.8 Å². The van der Waals surface area contributed by atoms with Crippen LogP contribution in [0.2, 0.25) is 0 Å². The second kappa shape index (κ2) is 11.3. The summed E-state index contributed by atoms with van der Waals surface area (Å²) in [7, 11) is 0. The van der Waals surface area contributed by atoms with Crippen LogP contribution in [0, 0.1) is 10.5 Å². The highest BCUT2D eigenvalue weighted by atomic mass is 32.2. The van der Waals surface area contributed by atoms with Gasteiger partial charge < -0.3 is 9.15 Å². The summed E-state index contributed by atoms with van der Waals surface area (Å²) in [5.41, 5.74) is 1.42. The van der Waals surface area contributed by atoms with Crippen LogP contribution in [0.4, 0.5) is 4.39 Å². The Balaban J connectivity index is 1.69. The molecule has 0 aliphatic heterocycles. The molecule has 164 valence electrons. The fraction of sp³-hybridized carbons (Fsp3) is 0.583. The second-order valence-electron chi connectivity index (χ2n) is 8.02. The molecule has 0 N–H and O–H groups in total. The van der Waals surface area contributed by atoms with E-state index in [0.717, 1.165) is 67.2 Å². The van der Waals surface area contributed by atoms with Crippen LogP contribution in [0.1, 0.15) is 83.1 Å². The van der Waals surface area contributed by atoms with Gasteiger partial charge in [-0.25, -0.2) is 4.39 Å². The number of hydrogen-bond donors (Lipinski definition) is 0. The van der Waals surface area contributed by atoms with Crippen LogP contribution >= 0.6 is 24.0 Å². The molecule has 1 heterocycles. The highest BCUT2D eigenvalue weighted by Crippen LogP contribution is 2.40. The molecule has 1 unspecified atom stereocenters. The van der Waals surface area contributed by atoms with Crippen LogP contribution in [-0.4, -0.2) is 17.8 Å². The number of carbonyl (C=O) groups excluding carboxylic acids is 1. The average Bonchev–Trinajstić information content (AvgIpc) is 3.25. The first-order chi connectivity index (χ1) is 14.5. The molecule has 6 heteroatoms. The first kappa shape index (κ1) is 23.3. The van der Waals surface area contributed by atoms with Crippen molar-refractivity contribution in [1.29, 1.82) is 0 Å². The topological polar surface area (TPSA) is 39.4 Å². The smallest absolute Gasteiger partial charge is 0.305 e. The molecule has 3 rings (SSSR count). The lowest BCUT2D eigenvalue weighted by molar-refractivity contribution is -0.143. The lowest BCUT2D eigenvalue weighted by Crippen LogP contribution is -2.08. The van der Waals surface area contributed by atoms with Gasteiger partial charge in [0.1, 0.15) is 5.58 Å². The van der Waals surface area contributed by atoms with Gasteiger partial charge in [-0.1, -0.05) is 26.7 Å². The van der Waals surface area contributed by atoms with Gasteiger partial charge in [0.15, 0.2) is 5.82 Å². The number of benzene rings is 1. The molecule has 0 amide bonds. The Labute approximate surface area is 187 Å². The SMILES string of the molecule is CCCC(=O)OCCCC(CC)Sc1ccc2c(C3CCCC3)c(F)c(=S)oc2c1. The quantitative estimate of drug-likeness (QED) is 0.159. The van der Waals surface area contributed by atoms with E-state index >= 15 is 0 Å². The average molecular weight is 451 g/mol. The lowest BCUT2D eigenvalue weighted by atomic mass is 9.94. The fourth-order valence-electron chi connectivity index (χ4n) is 4.18. The van der Waals surface area contributed by atoms with Crippen LogP contribution in [0.15, 0.2) is 27.5 Å². The van der Waals surface area contributed by atoms with E-state index in [9.17, 15) is 9.18 Å². The van der Waals surface area contributed by atoms with Gasteiger partial charge in [0.25, 0.3) is 0 Å². The van der Waals surface area contributed by atoms with Crippen LogP contribution in [-0.2, 0) is 9.53 Å². The van der Waals surface area contributed by atoms with Crippen LogP contribution in [0.3, 0.4) is 0 Å². The molecule has 0 bridgehead atoms. The Kier molecular flexibility index (Phi) is 8.75. The van der Waals surface area contributed by atoms with Crippen molar-refractivity contribution in [2.24, 2.45) is 0 Å². The summed E-state index contributed by atoms with van der Waals surface area (Å²) >= 11 is 6.97. The largest absolute Gasteiger partial charge is 0.466 e. The highest BCUT2D eigenvalue weighted by molar-refractivity contribution is 8.00. The minimum atomic E-state index is -0.353. The molecule has 0 radical (unpaired) electrons. The molecular weight excluding hydrogens is 419 g/mol. The van der Waals surface area contributed by atoms with E-state index in [-0.39, 0.29) is 22.4 Å². The van der Waals surface area contributed by atoms with Crippen molar-refractivity contribution < 1.29 is 18.3 Å². The van der Waals surface area contributed by atoms with Crippen LogP contribution in [0.25, 0.3) is 11.0 Å². The molecule has 0 saturated heterocycles. The Hall–Kier alpha value is -1.40. The van der Waals surface area contributed by atoms with Gasteiger partial charge in [0.05, 0.1) is 6.61 Å². The Morgan fingerprint density at radius 2 is 2.10 bits per heavy atom. The number of rotatable bonds is 10. The van der Waals surface area contributed by atoms with Crippen molar-refractivity contribution in [2.45, 2.75) is 87.7 Å². The maximum atomic E-state index is 14.8. The number of fused-ring (bicyclic) bond motifs is 1. The minimum Gasteiger partial charge on any atom is -0.466 e. The summed E-state index contributed by atoms with van der Waals surface area (Å²) in [6.07, 6.45) is 8.47. The van der Waals surface area contributed by atoms with E-state index < -0.39 is 0 Å². The summed E-state index contributed by atoms with van der Waals surface area (Å²) in [6, 6.07) is 6.05. The molecule has 1 aromatic carbocycles. The number of carbonyl (C=O) groups is 1. The second-order valence-corrected chi connectivity index (χ2v) is 9.76. The zero-order chi connectivity index (χ0) is 21.5. The van der Waals surface area contributed by atoms with E-state index in [1.165, 1.54) is 0 Å². The molecule has 30 heavy (non-hydrogen) atoms. The molecule has 2 aromatic rings. The van der Waals surface area contributed by atoms with Gasteiger partial charge in [0, 0.05) is 27.5 Å². The zero-order valence-corrected chi connectivity index (χ0v) is 19.5. The summed E-state index contributed by atoms with van der Waals surface area (Å²) in [5, 5.41) is 1.28. The van der Waals surface area contributed by atoms with E-state index in [1.807, 2.05) is 19.1 Å². The van der Waals surface area contributed by atoms with Crippen LogP contribution in [0.5, 0.6) is 0 Å². The normalized spacial score (nSPS) is 15.6. The van der Waals surface area contributed by atoms with Gasteiger partial charge >= 0.3 is 5.97 Å². The van der Waals surface area contributed by atoms with Gasteiger partial charge in [-0.15, -0.1) is 11.8 Å². The molecule has 1 aliphatic rings. The van der Waals surface area contributed by atoms with Crippen molar-refractivity contribution in [3.05, 3.63) is 34.3 Å². The van der Waals surface area contributed by atoms with Gasteiger partial charge in [0.2, 0.25) is 4.71 Å². The summed E-state index contributed by atoms with van der Waals surface area (Å²) in [5.74, 6) is -0.226. The molecule has 1 saturated carbocycles. The third kappa shape index (κ3) is 5.85. The zero-order valence-electron chi connectivity index (χ0n) is 17.9. The fourth-order valence-corrected chi connectivity index (χ4v) is 5.54. The van der Waals surface area contributed by atoms with Crippen molar-refractivity contribution in [1.82, 2.24) is 0 Å². The van der Waals surface area contributed by atoms with Crippen molar-refractivity contribution in [2.75, 3.05) is 6.61 Å². The minimum absolute atomic E-state index is 0.0347. The third-order valence-electron chi connectivity index (χ3n) is 5.77. The van der Waals surface area contributed by atoms with E-state index in [2.05, 4.69) is 13.0 Å². The predicted octanol–water partition coefficient (Wildman–Crippen LogP) is 7.95.